The fraction of sp³-hybridized carbons (Fsp3) is 0.111. The van der Waals surface area contributed by atoms with Crippen molar-refractivity contribution in [3.63, 3.8) is 0 Å². The molecule has 6 heteroatoms. The van der Waals surface area contributed by atoms with Crippen molar-refractivity contribution >= 4 is 23.2 Å². The molecule has 0 fully saturated rings. The van der Waals surface area contributed by atoms with Crippen LogP contribution in [0.2, 0.25) is 5.02 Å². The summed E-state index contributed by atoms with van der Waals surface area (Å²) < 4.78 is 7.17. The van der Waals surface area contributed by atoms with Crippen LogP contribution in [0, 0.1) is 0 Å². The van der Waals surface area contributed by atoms with E-state index in [1.807, 2.05) is 30.3 Å². The first-order valence-electron chi connectivity index (χ1n) is 7.44. The van der Waals surface area contributed by atoms with Gasteiger partial charge in [0.15, 0.2) is 6.61 Å². The van der Waals surface area contributed by atoms with Gasteiger partial charge < -0.3 is 10.1 Å². The smallest absolute Gasteiger partial charge is 0.262 e. The quantitative estimate of drug-likeness (QED) is 0.745. The number of carbonyl (C=O) groups is 1. The highest BCUT2D eigenvalue weighted by Crippen LogP contribution is 2.15. The van der Waals surface area contributed by atoms with Crippen LogP contribution in [0.25, 0.3) is 0 Å². The van der Waals surface area contributed by atoms with Gasteiger partial charge in [0, 0.05) is 11.2 Å². The minimum Gasteiger partial charge on any atom is -0.484 e. The second-order valence-corrected chi connectivity index (χ2v) is 5.64. The molecular formula is C18H16ClN3O2. The van der Waals surface area contributed by atoms with Crippen molar-refractivity contribution in [2.75, 3.05) is 11.9 Å². The zero-order valence-electron chi connectivity index (χ0n) is 12.9. The number of aromatic nitrogens is 2. The molecule has 2 aromatic carbocycles. The Labute approximate surface area is 144 Å². The van der Waals surface area contributed by atoms with Crippen molar-refractivity contribution in [3.05, 3.63) is 77.6 Å². The Hall–Kier alpha value is -2.79. The molecule has 122 valence electrons. The molecule has 0 aliphatic heterocycles. The van der Waals surface area contributed by atoms with Gasteiger partial charge in [0.2, 0.25) is 0 Å². The van der Waals surface area contributed by atoms with Crippen molar-refractivity contribution in [3.8, 4) is 5.75 Å². The van der Waals surface area contributed by atoms with E-state index < -0.39 is 0 Å². The summed E-state index contributed by atoms with van der Waals surface area (Å²) in [4.78, 5) is 11.9. The van der Waals surface area contributed by atoms with Crippen molar-refractivity contribution < 1.29 is 9.53 Å². The lowest BCUT2D eigenvalue weighted by Crippen LogP contribution is -2.19. The molecule has 0 radical (unpaired) electrons. The average molecular weight is 342 g/mol. The Morgan fingerprint density at radius 1 is 1.12 bits per heavy atom. The largest absolute Gasteiger partial charge is 0.484 e. The van der Waals surface area contributed by atoms with Crippen LogP contribution < -0.4 is 10.1 Å². The van der Waals surface area contributed by atoms with Crippen LogP contribution in [0.15, 0.2) is 67.0 Å². The highest BCUT2D eigenvalue weighted by Gasteiger charge is 2.06. The summed E-state index contributed by atoms with van der Waals surface area (Å²) >= 11 is 5.80. The molecule has 1 amide bonds. The van der Waals surface area contributed by atoms with Gasteiger partial charge in [-0.05, 0) is 29.8 Å². The van der Waals surface area contributed by atoms with Crippen LogP contribution in [0.4, 0.5) is 5.69 Å². The number of amides is 1. The normalized spacial score (nSPS) is 10.4. The van der Waals surface area contributed by atoms with E-state index in [9.17, 15) is 4.79 Å². The van der Waals surface area contributed by atoms with E-state index in [1.165, 1.54) is 0 Å². The van der Waals surface area contributed by atoms with E-state index in [0.29, 0.717) is 23.0 Å². The minimum absolute atomic E-state index is 0.0779. The van der Waals surface area contributed by atoms with Crippen LogP contribution in [0.1, 0.15) is 5.56 Å². The molecule has 0 atom stereocenters. The lowest BCUT2D eigenvalue weighted by Gasteiger charge is -2.06. The summed E-state index contributed by atoms with van der Waals surface area (Å²) in [5.74, 6) is 0.346. The van der Waals surface area contributed by atoms with Gasteiger partial charge in [-0.15, -0.1) is 0 Å². The van der Waals surface area contributed by atoms with Gasteiger partial charge in [-0.1, -0.05) is 41.9 Å². The number of benzene rings is 2. The number of hydrogen-bond donors (Lipinski definition) is 1. The summed E-state index contributed by atoms with van der Waals surface area (Å²) in [7, 11) is 0. The average Bonchev–Trinajstić information content (AvgIpc) is 3.02. The summed E-state index contributed by atoms with van der Waals surface area (Å²) in [5, 5.41) is 7.62. The molecule has 24 heavy (non-hydrogen) atoms. The van der Waals surface area contributed by atoms with Gasteiger partial charge in [0.25, 0.3) is 5.91 Å². The molecule has 0 unspecified atom stereocenters. The second-order valence-electron chi connectivity index (χ2n) is 5.20. The molecule has 3 aromatic rings. The molecule has 1 aromatic heterocycles. The molecule has 1 N–H and O–H groups in total. The number of anilines is 1. The van der Waals surface area contributed by atoms with Crippen molar-refractivity contribution in [1.29, 1.82) is 0 Å². The molecule has 0 saturated carbocycles. The van der Waals surface area contributed by atoms with Crippen molar-refractivity contribution in [2.24, 2.45) is 0 Å². The molecule has 0 aliphatic carbocycles. The molecule has 0 bridgehead atoms. The summed E-state index contributed by atoms with van der Waals surface area (Å²) in [6.45, 7) is 0.573. The van der Waals surface area contributed by atoms with Crippen LogP contribution in [-0.4, -0.2) is 22.3 Å². The first kappa shape index (κ1) is 16.1. The monoisotopic (exact) mass is 341 g/mol. The van der Waals surface area contributed by atoms with Gasteiger partial charge in [0.1, 0.15) is 5.75 Å². The number of halogens is 1. The predicted molar refractivity (Wildman–Crippen MR) is 93.3 cm³/mol. The molecular weight excluding hydrogens is 326 g/mol. The van der Waals surface area contributed by atoms with Gasteiger partial charge in [-0.25, -0.2) is 0 Å². The number of nitrogens with zero attached hydrogens (tertiary/aromatic N) is 2. The molecule has 5 nitrogen and oxygen atoms in total. The molecule has 1 heterocycles. The van der Waals surface area contributed by atoms with E-state index in [4.69, 9.17) is 16.3 Å². The maximum absolute atomic E-state index is 11.9. The number of rotatable bonds is 6. The zero-order valence-corrected chi connectivity index (χ0v) is 13.6. The molecule has 3 rings (SSSR count). The first-order valence-corrected chi connectivity index (χ1v) is 7.81. The fourth-order valence-electron chi connectivity index (χ4n) is 2.16. The fourth-order valence-corrected chi connectivity index (χ4v) is 2.29. The maximum Gasteiger partial charge on any atom is 0.262 e. The third kappa shape index (κ3) is 4.60. The van der Waals surface area contributed by atoms with Crippen LogP contribution in [0.5, 0.6) is 5.75 Å². The Bertz CT molecular complexity index is 801. The number of hydrogen-bond acceptors (Lipinski definition) is 3. The highest BCUT2D eigenvalue weighted by atomic mass is 35.5. The molecule has 0 saturated heterocycles. The Morgan fingerprint density at radius 3 is 2.62 bits per heavy atom. The van der Waals surface area contributed by atoms with E-state index in [-0.39, 0.29) is 12.5 Å². The van der Waals surface area contributed by atoms with Gasteiger partial charge in [-0.2, -0.15) is 5.10 Å². The molecule has 0 aliphatic rings. The van der Waals surface area contributed by atoms with E-state index in [2.05, 4.69) is 10.4 Å². The summed E-state index contributed by atoms with van der Waals surface area (Å²) in [5.41, 5.74) is 1.78. The molecule has 0 spiro atoms. The number of nitrogens with one attached hydrogen (secondary N) is 1. The van der Waals surface area contributed by atoms with Crippen LogP contribution >= 0.6 is 11.6 Å². The third-order valence-corrected chi connectivity index (χ3v) is 3.54. The second kappa shape index (κ2) is 7.66. The Kier molecular flexibility index (Phi) is 5.13. The van der Waals surface area contributed by atoms with Crippen molar-refractivity contribution in [1.82, 2.24) is 9.78 Å². The number of carbonyl (C=O) groups excluding carboxylic acids is 1. The van der Waals surface area contributed by atoms with Gasteiger partial charge >= 0.3 is 0 Å². The SMILES string of the molecule is O=C(COc1ccc(Cl)cc1)Nc1cnn(Cc2ccccc2)c1. The highest BCUT2D eigenvalue weighted by molar-refractivity contribution is 6.30. The number of ether oxygens (including phenoxy) is 1. The van der Waals surface area contributed by atoms with Crippen LogP contribution in [-0.2, 0) is 11.3 Å². The maximum atomic E-state index is 11.9. The van der Waals surface area contributed by atoms with E-state index in [0.717, 1.165) is 5.56 Å². The zero-order chi connectivity index (χ0) is 16.8. The minimum atomic E-state index is -0.246. The van der Waals surface area contributed by atoms with E-state index in [1.54, 1.807) is 41.3 Å². The van der Waals surface area contributed by atoms with E-state index >= 15 is 0 Å². The Morgan fingerprint density at radius 2 is 1.88 bits per heavy atom. The van der Waals surface area contributed by atoms with Gasteiger partial charge in [-0.3, -0.25) is 9.48 Å². The lowest BCUT2D eigenvalue weighted by molar-refractivity contribution is -0.118. The lowest BCUT2D eigenvalue weighted by atomic mass is 10.2. The topological polar surface area (TPSA) is 56.1 Å². The van der Waals surface area contributed by atoms with Crippen molar-refractivity contribution in [2.45, 2.75) is 6.54 Å². The first-order chi connectivity index (χ1) is 11.7. The van der Waals surface area contributed by atoms with Gasteiger partial charge in [0.05, 0.1) is 18.4 Å². The standard InChI is InChI=1S/C18H16ClN3O2/c19-15-6-8-17(9-7-15)24-13-18(23)21-16-10-20-22(12-16)11-14-4-2-1-3-5-14/h1-10,12H,11,13H2,(H,21,23). The third-order valence-electron chi connectivity index (χ3n) is 3.29. The summed E-state index contributed by atoms with van der Waals surface area (Å²) in [6, 6.07) is 16.8. The summed E-state index contributed by atoms with van der Waals surface area (Å²) in [6.07, 6.45) is 3.40. The predicted octanol–water partition coefficient (Wildman–Crippen LogP) is 3.60. The van der Waals surface area contributed by atoms with Crippen LogP contribution in [0.3, 0.4) is 0 Å². The Balaban J connectivity index is 1.50.